The minimum Gasteiger partial charge on any atom is -0.454 e. The number of anilines is 1. The number of fused-ring (bicyclic) bond motifs is 1. The number of hydrogen-bond donors (Lipinski definition) is 1. The van der Waals surface area contributed by atoms with Crippen molar-refractivity contribution < 1.29 is 4.42 Å². The Morgan fingerprint density at radius 1 is 1.16 bits per heavy atom. The first-order chi connectivity index (χ1) is 9.28. The van der Waals surface area contributed by atoms with Crippen LogP contribution < -0.4 is 5.32 Å². The van der Waals surface area contributed by atoms with Crippen LogP contribution in [-0.2, 0) is 0 Å². The monoisotopic (exact) mass is 253 g/mol. The molecule has 96 valence electrons. The molecule has 0 saturated carbocycles. The average Bonchev–Trinajstić information content (AvgIpc) is 2.85. The van der Waals surface area contributed by atoms with Crippen LogP contribution in [0.4, 0.5) is 5.82 Å². The highest BCUT2D eigenvalue weighted by molar-refractivity contribution is 5.84. The predicted octanol–water partition coefficient (Wildman–Crippen LogP) is 3.63. The smallest absolute Gasteiger partial charge is 0.155 e. The van der Waals surface area contributed by atoms with Crippen LogP contribution in [-0.4, -0.2) is 16.7 Å². The van der Waals surface area contributed by atoms with E-state index in [-0.39, 0.29) is 0 Å². The number of nitrogens with zero attached hydrogens (tertiary/aromatic N) is 2. The van der Waals surface area contributed by atoms with Crippen molar-refractivity contribution in [3.8, 4) is 11.5 Å². The van der Waals surface area contributed by atoms with Gasteiger partial charge in [0.25, 0.3) is 0 Å². The molecular weight excluding hydrogens is 238 g/mol. The van der Waals surface area contributed by atoms with E-state index in [1.165, 1.54) is 0 Å². The number of furan rings is 1. The van der Waals surface area contributed by atoms with Gasteiger partial charge in [0.1, 0.15) is 17.1 Å². The number of rotatable bonds is 3. The van der Waals surface area contributed by atoms with Gasteiger partial charge < -0.3 is 9.73 Å². The zero-order valence-corrected chi connectivity index (χ0v) is 11.0. The zero-order valence-electron chi connectivity index (χ0n) is 11.0. The highest BCUT2D eigenvalue weighted by atomic mass is 16.3. The summed E-state index contributed by atoms with van der Waals surface area (Å²) < 4.78 is 5.86. The van der Waals surface area contributed by atoms with Crippen LogP contribution >= 0.6 is 0 Å². The van der Waals surface area contributed by atoms with Crippen LogP contribution in [0.25, 0.3) is 22.4 Å². The fourth-order valence-electron chi connectivity index (χ4n) is 2.07. The van der Waals surface area contributed by atoms with Crippen molar-refractivity contribution >= 4 is 16.8 Å². The molecule has 3 rings (SSSR count). The van der Waals surface area contributed by atoms with Crippen molar-refractivity contribution in [3.63, 3.8) is 0 Å². The number of hydrogen-bond acceptors (Lipinski definition) is 4. The average molecular weight is 253 g/mol. The summed E-state index contributed by atoms with van der Waals surface area (Å²) in [5, 5.41) is 12.5. The first kappa shape index (κ1) is 11.7. The molecule has 0 saturated heterocycles. The van der Waals surface area contributed by atoms with Gasteiger partial charge in [0.15, 0.2) is 5.76 Å². The molecule has 0 unspecified atom stereocenters. The topological polar surface area (TPSA) is 51.0 Å². The third-order valence-corrected chi connectivity index (χ3v) is 3.02. The quantitative estimate of drug-likeness (QED) is 0.774. The molecule has 4 heteroatoms. The van der Waals surface area contributed by atoms with Crippen LogP contribution in [0.5, 0.6) is 0 Å². The number of aryl methyl sites for hydroxylation is 1. The minimum atomic E-state index is 0.747. The van der Waals surface area contributed by atoms with E-state index >= 15 is 0 Å². The first-order valence-electron chi connectivity index (χ1n) is 6.35. The van der Waals surface area contributed by atoms with Gasteiger partial charge in [0.2, 0.25) is 0 Å². The summed E-state index contributed by atoms with van der Waals surface area (Å²) in [6.45, 7) is 4.89. The van der Waals surface area contributed by atoms with Gasteiger partial charge in [0.05, 0.1) is 0 Å². The molecule has 2 heterocycles. The molecule has 0 spiro atoms. The summed E-state index contributed by atoms with van der Waals surface area (Å²) >= 11 is 0. The molecule has 1 aromatic carbocycles. The largest absolute Gasteiger partial charge is 0.454 e. The van der Waals surface area contributed by atoms with Crippen molar-refractivity contribution in [2.24, 2.45) is 0 Å². The molecule has 0 amide bonds. The molecule has 1 N–H and O–H groups in total. The number of nitrogens with one attached hydrogen (secondary N) is 1. The number of para-hydroxylation sites is 1. The van der Waals surface area contributed by atoms with Crippen molar-refractivity contribution in [3.05, 3.63) is 42.0 Å². The van der Waals surface area contributed by atoms with E-state index < -0.39 is 0 Å². The van der Waals surface area contributed by atoms with E-state index in [0.29, 0.717) is 0 Å². The lowest BCUT2D eigenvalue weighted by atomic mass is 10.2. The van der Waals surface area contributed by atoms with E-state index in [1.807, 2.05) is 50.2 Å². The van der Waals surface area contributed by atoms with Crippen LogP contribution in [0.2, 0.25) is 0 Å². The van der Waals surface area contributed by atoms with Crippen molar-refractivity contribution in [2.45, 2.75) is 13.8 Å². The number of aromatic nitrogens is 2. The molecule has 2 aromatic heterocycles. The van der Waals surface area contributed by atoms with Crippen LogP contribution in [0, 0.1) is 6.92 Å². The predicted molar refractivity (Wildman–Crippen MR) is 76.1 cm³/mol. The van der Waals surface area contributed by atoms with Gasteiger partial charge in [-0.2, -0.15) is 0 Å². The molecule has 0 aliphatic rings. The van der Waals surface area contributed by atoms with E-state index in [2.05, 4.69) is 15.5 Å². The maximum Gasteiger partial charge on any atom is 0.155 e. The molecule has 0 radical (unpaired) electrons. The standard InChI is InChI=1S/C15H15N3O/c1-3-16-14-8-7-12(17-18-14)13-9-11-6-4-5-10(2)15(11)19-13/h4-9H,3H2,1-2H3,(H,16,18). The normalized spacial score (nSPS) is 10.8. The SMILES string of the molecule is CCNc1ccc(-c2cc3cccc(C)c3o2)nn1. The Morgan fingerprint density at radius 2 is 2.05 bits per heavy atom. The third-order valence-electron chi connectivity index (χ3n) is 3.02. The molecule has 0 aliphatic carbocycles. The van der Waals surface area contributed by atoms with Crippen molar-refractivity contribution in [1.29, 1.82) is 0 Å². The van der Waals surface area contributed by atoms with Gasteiger partial charge in [-0.1, -0.05) is 18.2 Å². The molecule has 3 aromatic rings. The summed E-state index contributed by atoms with van der Waals surface area (Å²) in [7, 11) is 0. The van der Waals surface area contributed by atoms with Crippen LogP contribution in [0.3, 0.4) is 0 Å². The Kier molecular flexibility index (Phi) is 2.91. The van der Waals surface area contributed by atoms with E-state index in [9.17, 15) is 0 Å². The summed E-state index contributed by atoms with van der Waals surface area (Å²) in [6, 6.07) is 11.9. The van der Waals surface area contributed by atoms with Crippen LogP contribution in [0.15, 0.2) is 40.8 Å². The molecule has 0 atom stereocenters. The lowest BCUT2D eigenvalue weighted by Crippen LogP contribution is -2.00. The maximum atomic E-state index is 5.86. The van der Waals surface area contributed by atoms with Gasteiger partial charge in [-0.15, -0.1) is 10.2 Å². The lowest BCUT2D eigenvalue weighted by Gasteiger charge is -2.00. The highest BCUT2D eigenvalue weighted by Gasteiger charge is 2.09. The van der Waals surface area contributed by atoms with Crippen LogP contribution in [0.1, 0.15) is 12.5 Å². The Balaban J connectivity index is 2.01. The number of benzene rings is 1. The molecule has 0 bridgehead atoms. The third kappa shape index (κ3) is 2.17. The lowest BCUT2D eigenvalue weighted by molar-refractivity contribution is 0.624. The fraction of sp³-hybridized carbons (Fsp3) is 0.200. The van der Waals surface area contributed by atoms with E-state index in [0.717, 1.165) is 40.3 Å². The first-order valence-corrected chi connectivity index (χ1v) is 6.35. The highest BCUT2D eigenvalue weighted by Crippen LogP contribution is 2.28. The second kappa shape index (κ2) is 4.72. The van der Waals surface area contributed by atoms with Crippen molar-refractivity contribution in [2.75, 3.05) is 11.9 Å². The van der Waals surface area contributed by atoms with E-state index in [1.54, 1.807) is 0 Å². The fourth-order valence-corrected chi connectivity index (χ4v) is 2.07. The summed E-state index contributed by atoms with van der Waals surface area (Å²) in [4.78, 5) is 0. The van der Waals surface area contributed by atoms with Gasteiger partial charge in [-0.25, -0.2) is 0 Å². The maximum absolute atomic E-state index is 5.86. The molecular formula is C15H15N3O. The molecule has 4 nitrogen and oxygen atoms in total. The summed E-state index contributed by atoms with van der Waals surface area (Å²) in [6.07, 6.45) is 0. The summed E-state index contributed by atoms with van der Waals surface area (Å²) in [5.41, 5.74) is 2.79. The van der Waals surface area contributed by atoms with Gasteiger partial charge in [0, 0.05) is 11.9 Å². The Bertz CT molecular complexity index is 701. The second-order valence-electron chi connectivity index (χ2n) is 4.44. The molecule has 0 fully saturated rings. The molecule has 19 heavy (non-hydrogen) atoms. The van der Waals surface area contributed by atoms with Gasteiger partial charge in [-0.3, -0.25) is 0 Å². The summed E-state index contributed by atoms with van der Waals surface area (Å²) in [5.74, 6) is 1.53. The minimum absolute atomic E-state index is 0.747. The molecule has 0 aliphatic heterocycles. The Hall–Kier alpha value is -2.36. The van der Waals surface area contributed by atoms with Crippen molar-refractivity contribution in [1.82, 2.24) is 10.2 Å². The second-order valence-corrected chi connectivity index (χ2v) is 4.44. The van der Waals surface area contributed by atoms with Gasteiger partial charge in [-0.05, 0) is 37.6 Å². The Labute approximate surface area is 111 Å². The van der Waals surface area contributed by atoms with E-state index in [4.69, 9.17) is 4.42 Å². The Morgan fingerprint density at radius 3 is 2.74 bits per heavy atom. The zero-order chi connectivity index (χ0) is 13.2. The van der Waals surface area contributed by atoms with Gasteiger partial charge >= 0.3 is 0 Å².